The number of hydrogen-bond donors (Lipinski definition) is 6. The molecule has 1 aliphatic rings. The maximum absolute atomic E-state index is 14.4. The molecular formula is C16H21FN6O7. The van der Waals surface area contributed by atoms with Gasteiger partial charge in [-0.05, 0) is 6.42 Å². The molecule has 2 aromatic heterocycles. The molecule has 2 amide bonds. The Morgan fingerprint density at radius 3 is 2.70 bits per heavy atom. The summed E-state index contributed by atoms with van der Waals surface area (Å²) in [5, 5.41) is 42.3. The van der Waals surface area contributed by atoms with E-state index in [1.165, 1.54) is 10.9 Å². The van der Waals surface area contributed by atoms with Crippen LogP contribution in [0.2, 0.25) is 0 Å². The second-order valence-corrected chi connectivity index (χ2v) is 6.62. The average molecular weight is 428 g/mol. The van der Waals surface area contributed by atoms with Gasteiger partial charge in [0.15, 0.2) is 35.4 Å². The van der Waals surface area contributed by atoms with Crippen molar-refractivity contribution in [2.75, 3.05) is 11.9 Å². The van der Waals surface area contributed by atoms with Crippen LogP contribution in [0.25, 0.3) is 11.2 Å². The number of hydrogen-bond acceptors (Lipinski definition) is 9. The predicted molar refractivity (Wildman–Crippen MR) is 97.1 cm³/mol. The van der Waals surface area contributed by atoms with Crippen molar-refractivity contribution in [3.8, 4) is 0 Å². The van der Waals surface area contributed by atoms with Gasteiger partial charge in [-0.15, -0.1) is 0 Å². The molecule has 1 saturated heterocycles. The van der Waals surface area contributed by atoms with Gasteiger partial charge in [-0.25, -0.2) is 28.9 Å². The maximum Gasteiger partial charge on any atom is 0.328 e. The van der Waals surface area contributed by atoms with Crippen molar-refractivity contribution in [2.45, 2.75) is 50.1 Å². The summed E-state index contributed by atoms with van der Waals surface area (Å²) in [5.74, 6) is -1.51. The van der Waals surface area contributed by atoms with Crippen molar-refractivity contribution in [1.82, 2.24) is 24.8 Å². The maximum atomic E-state index is 14.4. The molecule has 6 atom stereocenters. The number of carboxylic acids is 1. The molecule has 0 radical (unpaired) electrons. The van der Waals surface area contributed by atoms with Crippen molar-refractivity contribution in [2.24, 2.45) is 0 Å². The summed E-state index contributed by atoms with van der Waals surface area (Å²) >= 11 is 0. The first-order valence-electron chi connectivity index (χ1n) is 9.02. The number of amides is 2. The van der Waals surface area contributed by atoms with E-state index in [1.54, 1.807) is 6.92 Å². The van der Waals surface area contributed by atoms with Crippen LogP contribution in [0.5, 0.6) is 0 Å². The highest BCUT2D eigenvalue weighted by atomic mass is 19.1. The number of carbonyl (C=O) groups is 2. The van der Waals surface area contributed by atoms with Crippen molar-refractivity contribution < 1.29 is 39.1 Å². The Morgan fingerprint density at radius 1 is 1.37 bits per heavy atom. The lowest BCUT2D eigenvalue weighted by atomic mass is 10.1. The Bertz CT molecular complexity index is 927. The Morgan fingerprint density at radius 2 is 2.10 bits per heavy atom. The number of aliphatic hydroxyl groups is 3. The fourth-order valence-electron chi connectivity index (χ4n) is 3.05. The number of aliphatic hydroxyl groups excluding tert-OH is 3. The Hall–Kier alpha value is -2.94. The monoisotopic (exact) mass is 428 g/mol. The Balaban J connectivity index is 1.82. The molecule has 0 bridgehead atoms. The quantitative estimate of drug-likeness (QED) is 0.311. The lowest BCUT2D eigenvalue weighted by Gasteiger charge is -2.19. The van der Waals surface area contributed by atoms with E-state index in [-0.39, 0.29) is 23.4 Å². The fraction of sp³-hybridized carbons (Fsp3) is 0.562. The summed E-state index contributed by atoms with van der Waals surface area (Å²) in [6.07, 6.45) is -4.79. The standard InChI is InChI=1S/C16H21FN6O7/c1-2-6(25)9(15(27)28)21-16(29)22-12-10-13(19-4-18-12)23(5-20-10)14-8(17)11(26)7(3-24)30-14/h4-9,11,14,24-26H,2-3H2,1H3,(H,27,28)(H2,18,19,21,22,29)/t6?,7-,8+,9?,11?,14-/m1/s1. The van der Waals surface area contributed by atoms with Crippen LogP contribution < -0.4 is 10.6 Å². The minimum Gasteiger partial charge on any atom is -0.480 e. The van der Waals surface area contributed by atoms with Crippen LogP contribution in [0.1, 0.15) is 19.6 Å². The summed E-state index contributed by atoms with van der Waals surface area (Å²) in [6.45, 7) is 0.976. The number of aliphatic carboxylic acids is 1. The van der Waals surface area contributed by atoms with Crippen LogP contribution in [0, 0.1) is 0 Å². The molecule has 1 fully saturated rings. The molecule has 30 heavy (non-hydrogen) atoms. The van der Waals surface area contributed by atoms with Gasteiger partial charge in [0, 0.05) is 0 Å². The molecule has 0 spiro atoms. The van der Waals surface area contributed by atoms with Gasteiger partial charge in [-0.3, -0.25) is 9.88 Å². The minimum atomic E-state index is -1.86. The van der Waals surface area contributed by atoms with E-state index in [0.29, 0.717) is 0 Å². The average Bonchev–Trinajstić information content (AvgIpc) is 3.27. The zero-order valence-corrected chi connectivity index (χ0v) is 15.7. The Labute approximate surface area is 168 Å². The summed E-state index contributed by atoms with van der Waals surface area (Å²) in [6, 6.07) is -2.50. The van der Waals surface area contributed by atoms with Crippen LogP contribution in [0.3, 0.4) is 0 Å². The third kappa shape index (κ3) is 4.02. The Kier molecular flexibility index (Phi) is 6.40. The van der Waals surface area contributed by atoms with Gasteiger partial charge in [0.1, 0.15) is 18.5 Å². The second-order valence-electron chi connectivity index (χ2n) is 6.62. The molecule has 13 nitrogen and oxygen atoms in total. The lowest BCUT2D eigenvalue weighted by molar-refractivity contribution is -0.142. The minimum absolute atomic E-state index is 0.0494. The van der Waals surface area contributed by atoms with Crippen molar-refractivity contribution in [3.63, 3.8) is 0 Å². The SMILES string of the molecule is CCC(O)C(NC(=O)Nc1ncnc2c1ncn2[C@@H]1O[C@H](CO)C(O)[C@@H]1F)C(=O)O. The number of nitrogens with one attached hydrogen (secondary N) is 2. The number of urea groups is 1. The van der Waals surface area contributed by atoms with E-state index < -0.39 is 55.4 Å². The number of imidazole rings is 1. The van der Waals surface area contributed by atoms with Crippen LogP contribution in [-0.2, 0) is 9.53 Å². The zero-order valence-electron chi connectivity index (χ0n) is 15.7. The molecule has 14 heteroatoms. The molecule has 3 heterocycles. The molecule has 3 unspecified atom stereocenters. The lowest BCUT2D eigenvalue weighted by Crippen LogP contribution is -2.50. The summed E-state index contributed by atoms with van der Waals surface area (Å²) in [4.78, 5) is 35.3. The van der Waals surface area contributed by atoms with Crippen molar-refractivity contribution >= 4 is 29.0 Å². The topological polar surface area (TPSA) is 192 Å². The summed E-state index contributed by atoms with van der Waals surface area (Å²) in [7, 11) is 0. The number of aromatic nitrogens is 4. The van der Waals surface area contributed by atoms with Gasteiger partial charge in [0.05, 0.1) is 19.0 Å². The molecule has 3 rings (SSSR count). The van der Waals surface area contributed by atoms with E-state index >= 15 is 0 Å². The number of rotatable bonds is 7. The van der Waals surface area contributed by atoms with Crippen molar-refractivity contribution in [3.05, 3.63) is 12.7 Å². The molecule has 6 N–H and O–H groups in total. The molecular weight excluding hydrogens is 407 g/mol. The first-order valence-corrected chi connectivity index (χ1v) is 9.02. The highest BCUT2D eigenvalue weighted by Gasteiger charge is 2.45. The summed E-state index contributed by atoms with van der Waals surface area (Å²) < 4.78 is 20.9. The predicted octanol–water partition coefficient (Wildman–Crippen LogP) is -1.24. The number of halogens is 1. The first kappa shape index (κ1) is 21.8. The highest BCUT2D eigenvalue weighted by Crippen LogP contribution is 2.34. The zero-order chi connectivity index (χ0) is 22.0. The van der Waals surface area contributed by atoms with Gasteiger partial charge in [-0.1, -0.05) is 6.92 Å². The van der Waals surface area contributed by atoms with Gasteiger partial charge >= 0.3 is 12.0 Å². The molecule has 0 aromatic carbocycles. The van der Waals surface area contributed by atoms with Crippen LogP contribution >= 0.6 is 0 Å². The van der Waals surface area contributed by atoms with Crippen LogP contribution in [-0.4, -0.2) is 89.1 Å². The third-order valence-electron chi connectivity index (χ3n) is 4.69. The molecule has 164 valence electrons. The highest BCUT2D eigenvalue weighted by molar-refractivity contribution is 5.97. The van der Waals surface area contributed by atoms with Gasteiger partial charge in [0.25, 0.3) is 0 Å². The van der Waals surface area contributed by atoms with Gasteiger partial charge < -0.3 is 30.5 Å². The number of alkyl halides is 1. The molecule has 0 aliphatic carbocycles. The third-order valence-corrected chi connectivity index (χ3v) is 4.69. The van der Waals surface area contributed by atoms with E-state index in [9.17, 15) is 29.3 Å². The number of fused-ring (bicyclic) bond motifs is 1. The van der Waals surface area contributed by atoms with E-state index in [1.807, 2.05) is 0 Å². The first-order chi connectivity index (χ1) is 14.3. The molecule has 2 aromatic rings. The number of carboxylic acid groups (broad SMARTS) is 1. The number of nitrogens with zero attached hydrogens (tertiary/aromatic N) is 4. The number of anilines is 1. The fourth-order valence-corrected chi connectivity index (χ4v) is 3.05. The smallest absolute Gasteiger partial charge is 0.328 e. The van der Waals surface area contributed by atoms with Gasteiger partial charge in [-0.2, -0.15) is 0 Å². The van der Waals surface area contributed by atoms with E-state index in [4.69, 9.17) is 9.84 Å². The molecule has 1 aliphatic heterocycles. The van der Waals surface area contributed by atoms with Crippen LogP contribution in [0.4, 0.5) is 15.0 Å². The second kappa shape index (κ2) is 8.83. The number of carbonyl (C=O) groups excluding carboxylic acids is 1. The normalized spacial score (nSPS) is 25.8. The van der Waals surface area contributed by atoms with E-state index in [2.05, 4.69) is 25.6 Å². The summed E-state index contributed by atoms with van der Waals surface area (Å²) in [5.41, 5.74) is 0.121. The molecule has 0 saturated carbocycles. The number of ether oxygens (including phenoxy) is 1. The van der Waals surface area contributed by atoms with Gasteiger partial charge in [0.2, 0.25) is 0 Å². The van der Waals surface area contributed by atoms with Crippen LogP contribution in [0.15, 0.2) is 12.7 Å². The van der Waals surface area contributed by atoms with Crippen molar-refractivity contribution in [1.29, 1.82) is 0 Å². The van der Waals surface area contributed by atoms with E-state index in [0.717, 1.165) is 6.33 Å². The largest absolute Gasteiger partial charge is 0.480 e.